The normalized spacial score (nSPS) is 24.4. The molecule has 0 atom stereocenters. The van der Waals surface area contributed by atoms with Gasteiger partial charge in [-0.3, -0.25) is 0 Å². The predicted molar refractivity (Wildman–Crippen MR) is 122 cm³/mol. The molecule has 0 aliphatic carbocycles. The van der Waals surface area contributed by atoms with Gasteiger partial charge in [-0.15, -0.1) is 0 Å². The third-order valence-electron chi connectivity index (χ3n) is 5.48. The van der Waals surface area contributed by atoms with Gasteiger partial charge < -0.3 is 18.9 Å². The van der Waals surface area contributed by atoms with E-state index in [1.54, 1.807) is 60.7 Å². The lowest BCUT2D eigenvalue weighted by atomic mass is 10.1. The van der Waals surface area contributed by atoms with E-state index in [-0.39, 0.29) is 17.6 Å². The molecule has 2 heterocycles. The summed E-state index contributed by atoms with van der Waals surface area (Å²) in [6.45, 7) is 2.98. The minimum atomic E-state index is -1.52. The van der Waals surface area contributed by atoms with Crippen molar-refractivity contribution in [1.29, 1.82) is 0 Å². The molecule has 0 aromatic heterocycles. The van der Waals surface area contributed by atoms with E-state index in [1.165, 1.54) is 38.2 Å². The van der Waals surface area contributed by atoms with Crippen LogP contribution in [0.15, 0.2) is 96.1 Å². The van der Waals surface area contributed by atoms with E-state index in [0.29, 0.717) is 11.1 Å². The number of ether oxygens (including phenoxy) is 4. The maximum Gasteiger partial charge on any atom is 0.349 e. The van der Waals surface area contributed by atoms with Crippen molar-refractivity contribution < 1.29 is 38.1 Å². The summed E-state index contributed by atoms with van der Waals surface area (Å²) < 4.78 is 21.5. The highest BCUT2D eigenvalue weighted by atomic mass is 16.8. The van der Waals surface area contributed by atoms with Crippen molar-refractivity contribution in [3.05, 3.63) is 107 Å². The van der Waals surface area contributed by atoms with Gasteiger partial charge in [0.25, 0.3) is 11.6 Å². The Morgan fingerprint density at radius 1 is 0.629 bits per heavy atom. The zero-order valence-corrected chi connectivity index (χ0v) is 19.1. The number of carbonyl (C=O) groups is 4. The summed E-state index contributed by atoms with van der Waals surface area (Å²) in [5.74, 6) is -6.29. The smallest absolute Gasteiger partial charge is 0.349 e. The maximum atomic E-state index is 12.4. The van der Waals surface area contributed by atoms with Crippen LogP contribution in [-0.4, -0.2) is 23.9 Å². The molecular weight excluding hydrogens is 452 g/mol. The van der Waals surface area contributed by atoms with Crippen LogP contribution in [-0.2, 0) is 49.7 Å². The summed E-state index contributed by atoms with van der Waals surface area (Å²) >= 11 is 0. The molecule has 4 rings (SSSR count). The number of carbonyl (C=O) groups excluding carboxylic acids is 4. The molecule has 8 heteroatoms. The largest absolute Gasteiger partial charge is 0.414 e. The molecule has 0 radical (unpaired) electrons. The number of cyclic esters (lactones) is 4. The Kier molecular flexibility index (Phi) is 6.38. The van der Waals surface area contributed by atoms with Gasteiger partial charge >= 0.3 is 23.9 Å². The number of benzene rings is 2. The van der Waals surface area contributed by atoms with E-state index < -0.39 is 35.5 Å². The van der Waals surface area contributed by atoms with Crippen LogP contribution in [0.5, 0.6) is 0 Å². The Hall–Kier alpha value is -4.46. The van der Waals surface area contributed by atoms with E-state index in [0.717, 1.165) is 0 Å². The summed E-state index contributed by atoms with van der Waals surface area (Å²) in [6, 6.07) is 17.3. The molecule has 2 aromatic carbocycles. The van der Waals surface area contributed by atoms with Crippen molar-refractivity contribution in [2.45, 2.75) is 31.8 Å². The van der Waals surface area contributed by atoms with Gasteiger partial charge in [0.15, 0.2) is 0 Å². The first kappa shape index (κ1) is 23.7. The van der Waals surface area contributed by atoms with E-state index in [1.807, 2.05) is 0 Å². The Morgan fingerprint density at radius 3 is 1.46 bits per heavy atom. The minimum Gasteiger partial charge on any atom is -0.414 e. The molecular formula is C27H22O8. The lowest BCUT2D eigenvalue weighted by Crippen LogP contribution is -2.42. The standard InChI is InChI=1S/C27H22O8/c1-26(18-12-6-3-7-13-18)32-22(28)20(23(29)33-26)16-10-5-11-17-21-24(30)34-27(2,35-25(21)31)19-14-8-4-9-15-19/h3-10,12-17H,11H2,1-2H3. The molecule has 178 valence electrons. The summed E-state index contributed by atoms with van der Waals surface area (Å²) in [5, 5.41) is 0. The molecule has 2 aromatic rings. The molecule has 0 N–H and O–H groups in total. The predicted octanol–water partition coefficient (Wildman–Crippen LogP) is 3.73. The van der Waals surface area contributed by atoms with Crippen LogP contribution in [0.2, 0.25) is 0 Å². The first-order valence-corrected chi connectivity index (χ1v) is 10.8. The fraction of sp³-hybridized carbons (Fsp3) is 0.185. The fourth-order valence-electron chi connectivity index (χ4n) is 3.58. The minimum absolute atomic E-state index is 0.136. The zero-order chi connectivity index (χ0) is 25.1. The maximum absolute atomic E-state index is 12.4. The van der Waals surface area contributed by atoms with E-state index >= 15 is 0 Å². The number of rotatable bonds is 5. The van der Waals surface area contributed by atoms with Gasteiger partial charge in [0, 0.05) is 25.0 Å². The highest BCUT2D eigenvalue weighted by Gasteiger charge is 2.44. The molecule has 0 unspecified atom stereocenters. The van der Waals surface area contributed by atoms with Crippen LogP contribution in [0.25, 0.3) is 0 Å². The highest BCUT2D eigenvalue weighted by Crippen LogP contribution is 2.34. The quantitative estimate of drug-likeness (QED) is 0.367. The molecule has 35 heavy (non-hydrogen) atoms. The van der Waals surface area contributed by atoms with Crippen LogP contribution in [0, 0.1) is 0 Å². The second-order valence-electron chi connectivity index (χ2n) is 8.04. The first-order valence-electron chi connectivity index (χ1n) is 10.8. The molecule has 2 aliphatic rings. The lowest BCUT2D eigenvalue weighted by Gasteiger charge is -2.33. The average Bonchev–Trinajstić information content (AvgIpc) is 2.83. The van der Waals surface area contributed by atoms with Crippen molar-refractivity contribution in [3.8, 4) is 0 Å². The first-order chi connectivity index (χ1) is 16.7. The molecule has 8 nitrogen and oxygen atoms in total. The number of hydrogen-bond acceptors (Lipinski definition) is 8. The molecule has 2 fully saturated rings. The second kappa shape index (κ2) is 9.42. The third-order valence-corrected chi connectivity index (χ3v) is 5.48. The topological polar surface area (TPSA) is 105 Å². The van der Waals surface area contributed by atoms with Crippen LogP contribution in [0.3, 0.4) is 0 Å². The van der Waals surface area contributed by atoms with Crippen LogP contribution in [0.1, 0.15) is 31.4 Å². The van der Waals surface area contributed by atoms with Gasteiger partial charge in [-0.1, -0.05) is 78.9 Å². The van der Waals surface area contributed by atoms with Crippen LogP contribution < -0.4 is 0 Å². The van der Waals surface area contributed by atoms with Crippen molar-refractivity contribution in [2.75, 3.05) is 0 Å². The number of esters is 4. The Labute approximate surface area is 201 Å². The SMILES string of the molecule is CC1(c2ccccc2)OC(=O)C(=CC=CCC=C2C(=O)OC(C)(c3ccccc3)OC2=O)C(=O)O1. The van der Waals surface area contributed by atoms with E-state index in [4.69, 9.17) is 18.9 Å². The van der Waals surface area contributed by atoms with Crippen molar-refractivity contribution in [3.63, 3.8) is 0 Å². The van der Waals surface area contributed by atoms with Gasteiger partial charge in [0.05, 0.1) is 0 Å². The van der Waals surface area contributed by atoms with Gasteiger partial charge in [-0.2, -0.15) is 0 Å². The molecule has 2 aliphatic heterocycles. The summed E-state index contributed by atoms with van der Waals surface area (Å²) in [7, 11) is 0. The van der Waals surface area contributed by atoms with Crippen molar-refractivity contribution >= 4 is 23.9 Å². The number of hydrogen-bond donors (Lipinski definition) is 0. The molecule has 2 saturated heterocycles. The Balaban J connectivity index is 1.39. The van der Waals surface area contributed by atoms with Crippen LogP contribution in [0.4, 0.5) is 0 Å². The molecule has 0 saturated carbocycles. The van der Waals surface area contributed by atoms with Crippen LogP contribution >= 0.6 is 0 Å². The highest BCUT2D eigenvalue weighted by molar-refractivity contribution is 6.16. The molecule has 0 amide bonds. The van der Waals surface area contributed by atoms with E-state index in [9.17, 15) is 19.2 Å². The van der Waals surface area contributed by atoms with Crippen molar-refractivity contribution in [2.24, 2.45) is 0 Å². The number of allylic oxidation sites excluding steroid dienone is 4. The Bertz CT molecular complexity index is 1210. The Morgan fingerprint density at radius 2 is 1.03 bits per heavy atom. The summed E-state index contributed by atoms with van der Waals surface area (Å²) in [4.78, 5) is 49.7. The molecule has 0 bridgehead atoms. The van der Waals surface area contributed by atoms with Crippen molar-refractivity contribution in [1.82, 2.24) is 0 Å². The molecule has 0 spiro atoms. The van der Waals surface area contributed by atoms with E-state index in [2.05, 4.69) is 0 Å². The fourth-order valence-corrected chi connectivity index (χ4v) is 3.58. The second-order valence-corrected chi connectivity index (χ2v) is 8.04. The van der Waals surface area contributed by atoms with Gasteiger partial charge in [-0.05, 0) is 12.5 Å². The summed E-state index contributed by atoms with van der Waals surface area (Å²) in [5.41, 5.74) is 0.530. The monoisotopic (exact) mass is 474 g/mol. The van der Waals surface area contributed by atoms with Gasteiger partial charge in [0.1, 0.15) is 11.1 Å². The summed E-state index contributed by atoms with van der Waals surface area (Å²) in [6.07, 6.45) is 5.69. The third kappa shape index (κ3) is 4.91. The zero-order valence-electron chi connectivity index (χ0n) is 19.1. The van der Waals surface area contributed by atoms with Gasteiger partial charge in [-0.25, -0.2) is 19.2 Å². The average molecular weight is 474 g/mol. The van der Waals surface area contributed by atoms with Gasteiger partial charge in [0.2, 0.25) is 0 Å². The lowest BCUT2D eigenvalue weighted by molar-refractivity contribution is -0.235.